The van der Waals surface area contributed by atoms with Gasteiger partial charge in [0.25, 0.3) is 11.7 Å². The molecule has 2 aromatic rings. The average Bonchev–Trinajstić information content (AvgIpc) is 3.18. The average molecular weight is 509 g/mol. The van der Waals surface area contributed by atoms with Crippen molar-refractivity contribution in [3.05, 3.63) is 65.2 Å². The van der Waals surface area contributed by atoms with E-state index in [0.717, 1.165) is 50.2 Å². The molecule has 7 heteroatoms. The van der Waals surface area contributed by atoms with Crippen LogP contribution in [0.2, 0.25) is 0 Å². The highest BCUT2D eigenvalue weighted by atomic mass is 16.5. The Morgan fingerprint density at radius 2 is 1.57 bits per heavy atom. The first-order valence-electron chi connectivity index (χ1n) is 13.4. The minimum atomic E-state index is -0.683. The van der Waals surface area contributed by atoms with E-state index < -0.39 is 17.7 Å². The van der Waals surface area contributed by atoms with Crippen molar-refractivity contribution >= 4 is 17.4 Å². The number of aliphatic hydroxyl groups excluding tert-OH is 1. The summed E-state index contributed by atoms with van der Waals surface area (Å²) in [7, 11) is 0. The second kappa shape index (κ2) is 13.8. The summed E-state index contributed by atoms with van der Waals surface area (Å²) in [4.78, 5) is 30.4. The summed E-state index contributed by atoms with van der Waals surface area (Å²) in [5, 5.41) is 11.4. The molecule has 0 radical (unpaired) electrons. The Bertz CT molecular complexity index is 1080. The van der Waals surface area contributed by atoms with Crippen molar-refractivity contribution in [1.82, 2.24) is 9.80 Å². The maximum Gasteiger partial charge on any atom is 0.295 e. The van der Waals surface area contributed by atoms with E-state index in [2.05, 4.69) is 18.7 Å². The number of carbonyl (C=O) groups is 2. The van der Waals surface area contributed by atoms with Crippen LogP contribution in [-0.2, 0) is 9.59 Å². The Kier molecular flexibility index (Phi) is 10.6. The Labute approximate surface area is 220 Å². The van der Waals surface area contributed by atoms with Crippen LogP contribution in [0, 0.1) is 0 Å². The number of nitrogens with zero attached hydrogens (tertiary/aromatic N) is 2. The van der Waals surface area contributed by atoms with Gasteiger partial charge in [0, 0.05) is 12.1 Å². The number of benzene rings is 2. The van der Waals surface area contributed by atoms with Gasteiger partial charge in [-0.2, -0.15) is 0 Å². The first-order chi connectivity index (χ1) is 17.9. The maximum atomic E-state index is 13.3. The summed E-state index contributed by atoms with van der Waals surface area (Å²) in [6, 6.07) is 13.8. The topological polar surface area (TPSA) is 79.3 Å². The zero-order valence-corrected chi connectivity index (χ0v) is 22.5. The van der Waals surface area contributed by atoms with Gasteiger partial charge in [-0.3, -0.25) is 9.59 Å². The van der Waals surface area contributed by atoms with Crippen LogP contribution in [0.4, 0.5) is 0 Å². The Morgan fingerprint density at radius 3 is 2.19 bits per heavy atom. The van der Waals surface area contributed by atoms with Gasteiger partial charge in [-0.1, -0.05) is 52.0 Å². The van der Waals surface area contributed by atoms with Gasteiger partial charge in [0.05, 0.1) is 24.8 Å². The number of Topliss-reactive ketones (excluding diaryl/α,β-unsaturated/α-hetero) is 1. The van der Waals surface area contributed by atoms with E-state index in [4.69, 9.17) is 9.47 Å². The van der Waals surface area contributed by atoms with Gasteiger partial charge in [0.15, 0.2) is 0 Å². The first kappa shape index (κ1) is 28.3. The third-order valence-electron chi connectivity index (χ3n) is 6.56. The molecule has 0 bridgehead atoms. The number of ether oxygens (including phenoxy) is 2. The molecule has 0 aliphatic carbocycles. The molecule has 0 aromatic heterocycles. The highest BCUT2D eigenvalue weighted by Gasteiger charge is 2.45. The number of likely N-dealkylation sites (tertiary alicyclic amines) is 1. The summed E-state index contributed by atoms with van der Waals surface area (Å²) >= 11 is 0. The second-order valence-corrected chi connectivity index (χ2v) is 9.17. The molecule has 7 nitrogen and oxygen atoms in total. The fraction of sp³-hybridized carbons (Fsp3) is 0.467. The number of ketones is 1. The van der Waals surface area contributed by atoms with E-state index in [1.165, 1.54) is 0 Å². The van der Waals surface area contributed by atoms with Crippen molar-refractivity contribution in [1.29, 1.82) is 0 Å². The number of aliphatic hydroxyl groups is 1. The van der Waals surface area contributed by atoms with E-state index >= 15 is 0 Å². The molecule has 1 amide bonds. The molecule has 0 spiro atoms. The molecule has 1 aliphatic heterocycles. The number of hydrogen-bond acceptors (Lipinski definition) is 6. The Morgan fingerprint density at radius 1 is 0.919 bits per heavy atom. The molecule has 2 aromatic carbocycles. The molecule has 1 heterocycles. The van der Waals surface area contributed by atoms with E-state index in [1.54, 1.807) is 23.1 Å². The molecule has 0 saturated carbocycles. The predicted octanol–water partition coefficient (Wildman–Crippen LogP) is 5.42. The summed E-state index contributed by atoms with van der Waals surface area (Å²) in [5.74, 6) is -0.117. The normalized spacial score (nSPS) is 17.0. The Hall–Kier alpha value is -3.32. The lowest BCUT2D eigenvalue weighted by molar-refractivity contribution is -0.140. The Balaban J connectivity index is 2.00. The summed E-state index contributed by atoms with van der Waals surface area (Å²) < 4.78 is 11.4. The van der Waals surface area contributed by atoms with Crippen LogP contribution in [0.25, 0.3) is 5.76 Å². The van der Waals surface area contributed by atoms with Crippen LogP contribution in [0.5, 0.6) is 11.5 Å². The minimum absolute atomic E-state index is 0.0997. The van der Waals surface area contributed by atoms with Crippen LogP contribution in [0.3, 0.4) is 0 Å². The van der Waals surface area contributed by atoms with E-state index in [1.807, 2.05) is 44.2 Å². The van der Waals surface area contributed by atoms with Crippen LogP contribution < -0.4 is 9.47 Å². The maximum absolute atomic E-state index is 13.3. The number of rotatable bonds is 14. The van der Waals surface area contributed by atoms with Crippen molar-refractivity contribution in [2.45, 2.75) is 53.0 Å². The predicted molar refractivity (Wildman–Crippen MR) is 146 cm³/mol. The van der Waals surface area contributed by atoms with Crippen LogP contribution in [0.1, 0.15) is 64.1 Å². The first-order valence-corrected chi connectivity index (χ1v) is 13.4. The van der Waals surface area contributed by atoms with Crippen LogP contribution in [0.15, 0.2) is 54.1 Å². The third kappa shape index (κ3) is 6.92. The van der Waals surface area contributed by atoms with E-state index in [9.17, 15) is 14.7 Å². The largest absolute Gasteiger partial charge is 0.507 e. The molecule has 200 valence electrons. The molecule has 37 heavy (non-hydrogen) atoms. The van der Waals surface area contributed by atoms with Crippen molar-refractivity contribution in [2.75, 3.05) is 39.4 Å². The molecule has 1 aliphatic rings. The number of carbonyl (C=O) groups excluding carboxylic acids is 2. The van der Waals surface area contributed by atoms with Gasteiger partial charge in [-0.05, 0) is 68.7 Å². The molecule has 1 fully saturated rings. The smallest absolute Gasteiger partial charge is 0.295 e. The number of amides is 1. The van der Waals surface area contributed by atoms with Gasteiger partial charge in [0.2, 0.25) is 0 Å². The van der Waals surface area contributed by atoms with Gasteiger partial charge in [-0.25, -0.2) is 0 Å². The SMILES string of the molecule is CCCOc1ccc(C2C(=C(O)c3cccc(OCCC)c3)C(=O)C(=O)N2CCCN(CC)CC)cc1. The van der Waals surface area contributed by atoms with Crippen molar-refractivity contribution in [3.63, 3.8) is 0 Å². The van der Waals surface area contributed by atoms with Crippen LogP contribution >= 0.6 is 0 Å². The van der Waals surface area contributed by atoms with Crippen LogP contribution in [-0.4, -0.2) is 66.0 Å². The fourth-order valence-corrected chi connectivity index (χ4v) is 4.54. The van der Waals surface area contributed by atoms with Crippen molar-refractivity contribution in [3.8, 4) is 11.5 Å². The summed E-state index contributed by atoms with van der Waals surface area (Å²) in [6.45, 7) is 12.5. The zero-order chi connectivity index (χ0) is 26.8. The van der Waals surface area contributed by atoms with Gasteiger partial charge in [-0.15, -0.1) is 0 Å². The highest BCUT2D eigenvalue weighted by molar-refractivity contribution is 6.46. The quantitative estimate of drug-likeness (QED) is 0.209. The summed E-state index contributed by atoms with van der Waals surface area (Å²) in [6.07, 6.45) is 2.48. The zero-order valence-electron chi connectivity index (χ0n) is 22.5. The monoisotopic (exact) mass is 508 g/mol. The lowest BCUT2D eigenvalue weighted by Gasteiger charge is -2.27. The second-order valence-electron chi connectivity index (χ2n) is 9.17. The lowest BCUT2D eigenvalue weighted by atomic mass is 9.95. The standard InChI is InChI=1S/C30H40N2O5/c1-5-19-36-24-15-13-22(14-16-24)27-26(28(33)23-11-9-12-25(21-23)37-20-6-2)29(34)30(35)32(27)18-10-17-31(7-3)8-4/h9,11-16,21,27,33H,5-8,10,17-20H2,1-4H3. The molecule has 1 atom stereocenters. The minimum Gasteiger partial charge on any atom is -0.507 e. The van der Waals surface area contributed by atoms with Gasteiger partial charge >= 0.3 is 0 Å². The molecule has 1 unspecified atom stereocenters. The molecular formula is C30H40N2O5. The molecular weight excluding hydrogens is 468 g/mol. The molecule has 1 saturated heterocycles. The number of hydrogen-bond donors (Lipinski definition) is 1. The molecule has 1 N–H and O–H groups in total. The lowest BCUT2D eigenvalue weighted by Crippen LogP contribution is -2.33. The summed E-state index contributed by atoms with van der Waals surface area (Å²) in [5.41, 5.74) is 1.30. The van der Waals surface area contributed by atoms with Crippen molar-refractivity contribution < 1.29 is 24.2 Å². The van der Waals surface area contributed by atoms with Crippen molar-refractivity contribution in [2.24, 2.45) is 0 Å². The third-order valence-corrected chi connectivity index (χ3v) is 6.56. The van der Waals surface area contributed by atoms with E-state index in [0.29, 0.717) is 31.1 Å². The fourth-order valence-electron chi connectivity index (χ4n) is 4.54. The van der Waals surface area contributed by atoms with Gasteiger partial charge < -0.3 is 24.4 Å². The molecule has 3 rings (SSSR count). The van der Waals surface area contributed by atoms with Gasteiger partial charge in [0.1, 0.15) is 17.3 Å². The highest BCUT2D eigenvalue weighted by Crippen LogP contribution is 2.40. The van der Waals surface area contributed by atoms with E-state index in [-0.39, 0.29) is 11.3 Å².